The van der Waals surface area contributed by atoms with Gasteiger partial charge in [-0.05, 0) is 88.7 Å². The zero-order valence-corrected chi connectivity index (χ0v) is 38.5. The fraction of sp³-hybridized carbons (Fsp3) is 0.604. The molecule has 2 amide bonds. The van der Waals surface area contributed by atoms with Gasteiger partial charge < -0.3 is 33.7 Å². The zero-order chi connectivity index (χ0) is 44.3. The van der Waals surface area contributed by atoms with Gasteiger partial charge in [-0.2, -0.15) is 0 Å². The number of methoxy groups -OCH3 is 1. The van der Waals surface area contributed by atoms with Crippen LogP contribution in [-0.4, -0.2) is 138 Å². The summed E-state index contributed by atoms with van der Waals surface area (Å²) >= 11 is 1.52. The Kier molecular flexibility index (Phi) is 10.4. The molecule has 2 N–H and O–H groups in total. The second-order valence-electron chi connectivity index (χ2n) is 20.7. The highest BCUT2D eigenvalue weighted by Crippen LogP contribution is 2.53. The van der Waals surface area contributed by atoms with Crippen molar-refractivity contribution in [2.24, 2.45) is 16.7 Å². The molecule has 10 heterocycles. The lowest BCUT2D eigenvalue weighted by Gasteiger charge is -2.58. The Morgan fingerprint density at radius 3 is 2.61 bits per heavy atom. The average Bonchev–Trinajstić information content (AvgIpc) is 4.01. The monoisotopic (exact) mass is 892 g/mol. The number of benzene rings is 1. The zero-order valence-electron chi connectivity index (χ0n) is 37.7. The number of aromatic nitrogens is 3. The number of amides is 2. The first kappa shape index (κ1) is 42.4. The number of likely N-dealkylation sites (tertiary alicyclic amines) is 2. The van der Waals surface area contributed by atoms with Gasteiger partial charge in [-0.25, -0.2) is 10.4 Å². The highest BCUT2D eigenvalue weighted by atomic mass is 32.1. The molecule has 12 rings (SSSR count). The van der Waals surface area contributed by atoms with Crippen LogP contribution in [0.3, 0.4) is 0 Å². The predicted octanol–water partition coefficient (Wildman–Crippen LogP) is 5.07. The van der Waals surface area contributed by atoms with Crippen molar-refractivity contribution in [2.45, 2.75) is 102 Å². The van der Waals surface area contributed by atoms with Crippen molar-refractivity contribution in [3.63, 3.8) is 0 Å². The summed E-state index contributed by atoms with van der Waals surface area (Å²) in [5.41, 5.74) is 8.90. The average molecular weight is 893 g/mol. The highest BCUT2D eigenvalue weighted by Gasteiger charge is 2.62. The van der Waals surface area contributed by atoms with E-state index in [1.54, 1.807) is 7.11 Å². The number of thiazole rings is 1. The Labute approximate surface area is 378 Å². The number of carbonyl (C=O) groups is 3. The quantitative estimate of drug-likeness (QED) is 0.239. The Balaban J connectivity index is 1.07. The lowest BCUT2D eigenvalue weighted by Crippen LogP contribution is -2.70. The van der Waals surface area contributed by atoms with Gasteiger partial charge in [0.15, 0.2) is 0 Å². The molecule has 3 aromatic heterocycles. The van der Waals surface area contributed by atoms with E-state index in [4.69, 9.17) is 28.9 Å². The number of nitrogens with one attached hydrogen (secondary N) is 2. The maximum absolute atomic E-state index is 15.2. The molecule has 1 saturated carbocycles. The summed E-state index contributed by atoms with van der Waals surface area (Å²) in [5.74, 6) is -0.640. The molecule has 5 atom stereocenters. The van der Waals surface area contributed by atoms with Crippen molar-refractivity contribution in [1.82, 2.24) is 40.1 Å². The number of carbonyl (C=O) groups excluding carboxylic acids is 3. The van der Waals surface area contributed by atoms with E-state index < -0.39 is 35.1 Å². The number of likely N-dealkylation sites (N-methyl/N-ethyl adjacent to an activating group) is 1. The normalized spacial score (nSPS) is 30.8. The number of esters is 1. The lowest BCUT2D eigenvalue weighted by molar-refractivity contribution is -0.203. The van der Waals surface area contributed by atoms with E-state index in [0.29, 0.717) is 70.9 Å². The number of hydrogen-bond donors (Lipinski definition) is 2. The van der Waals surface area contributed by atoms with Gasteiger partial charge in [0.05, 0.1) is 61.2 Å². The standard InChI is InChI=1S/C48H60N8O7S/c1-27-30-16-48(17-30,63-27)45(59)51-39-41(54-22-47(23-54)25-61-26-47)42-50-36(21-64-42)29-11-12-37-33(15-29)34(18-46(3,4)24-62-44(58)35-10-8-14-55(52-35)43(39)57)40(56(37)31-19-53(5)20-31)32-9-7-13-49-38(32)28(2)60-6/h7,9,11-13,15,21,27-28,30-31,35,39,41,52H,8,10,14,16-20,22-26H2,1-6H3,(H,51,59)/t27-,28-,30?,35-,39-,41-,48?/m0/s1. The third kappa shape index (κ3) is 7.01. The number of ether oxygens (including phenoxy) is 4. The molecule has 1 aliphatic carbocycles. The van der Waals surface area contributed by atoms with Crippen LogP contribution in [0.5, 0.6) is 0 Å². The van der Waals surface area contributed by atoms with E-state index in [2.05, 4.69) is 75.7 Å². The van der Waals surface area contributed by atoms with Crippen molar-refractivity contribution in [2.75, 3.05) is 66.7 Å². The first-order valence-corrected chi connectivity index (χ1v) is 24.0. The molecular formula is C48H60N8O7S. The Morgan fingerprint density at radius 2 is 1.91 bits per heavy atom. The van der Waals surface area contributed by atoms with Crippen molar-refractivity contribution in [3.8, 4) is 22.5 Å². The van der Waals surface area contributed by atoms with Gasteiger partial charge in [0.2, 0.25) is 0 Å². The molecule has 0 unspecified atom stereocenters. The number of nitrogens with zero attached hydrogens (tertiary/aromatic N) is 6. The van der Waals surface area contributed by atoms with Crippen LogP contribution in [-0.2, 0) is 39.8 Å². The molecule has 0 radical (unpaired) electrons. The molecule has 1 aromatic carbocycles. The van der Waals surface area contributed by atoms with Crippen LogP contribution in [0, 0.1) is 16.7 Å². The van der Waals surface area contributed by atoms with Crippen molar-refractivity contribution in [1.29, 1.82) is 0 Å². The SMILES string of the molecule is CO[C@@H](C)c1ncccc1-c1c2c3cc(ccc3n1C1CN(C)C1)-c1csc(n1)[C@@H](N1CC3(COC3)C1)[C@H](NC(=O)C13CC(C1)[C@H](C)O3)C(=O)N1CCC[C@H](N1)C(=O)OCC(C)(C)C2. The maximum Gasteiger partial charge on any atom is 0.324 e. The van der Waals surface area contributed by atoms with Gasteiger partial charge >= 0.3 is 5.97 Å². The summed E-state index contributed by atoms with van der Waals surface area (Å²) in [6.07, 6.45) is 4.58. The summed E-state index contributed by atoms with van der Waals surface area (Å²) in [7, 11) is 3.87. The number of cyclic esters (lactones) is 1. The molecule has 7 fully saturated rings. The van der Waals surface area contributed by atoms with Gasteiger partial charge in [0, 0.05) is 84.3 Å². The summed E-state index contributed by atoms with van der Waals surface area (Å²) in [4.78, 5) is 58.6. The summed E-state index contributed by atoms with van der Waals surface area (Å²) in [5, 5.41) is 8.74. The second kappa shape index (κ2) is 15.7. The first-order valence-electron chi connectivity index (χ1n) is 23.1. The summed E-state index contributed by atoms with van der Waals surface area (Å²) in [6, 6.07) is 8.72. The van der Waals surface area contributed by atoms with E-state index in [0.717, 1.165) is 62.8 Å². The Hall–Kier alpha value is -4.29. The topological polar surface area (TPSA) is 153 Å². The molecule has 16 heteroatoms. The molecule has 15 nitrogen and oxygen atoms in total. The fourth-order valence-corrected chi connectivity index (χ4v) is 12.6. The van der Waals surface area contributed by atoms with Crippen molar-refractivity contribution >= 4 is 40.0 Å². The molecule has 64 heavy (non-hydrogen) atoms. The van der Waals surface area contributed by atoms with E-state index in [9.17, 15) is 9.59 Å². The molecule has 8 bridgehead atoms. The smallest absolute Gasteiger partial charge is 0.324 e. The third-order valence-electron chi connectivity index (χ3n) is 15.2. The predicted molar refractivity (Wildman–Crippen MR) is 240 cm³/mol. The van der Waals surface area contributed by atoms with Gasteiger partial charge in [0.1, 0.15) is 22.7 Å². The van der Waals surface area contributed by atoms with E-state index >= 15 is 4.79 Å². The highest BCUT2D eigenvalue weighted by molar-refractivity contribution is 7.10. The van der Waals surface area contributed by atoms with E-state index in [-0.39, 0.29) is 42.1 Å². The minimum Gasteiger partial charge on any atom is -0.464 e. The van der Waals surface area contributed by atoms with Gasteiger partial charge in [-0.1, -0.05) is 19.9 Å². The first-order chi connectivity index (χ1) is 30.7. The van der Waals surface area contributed by atoms with Gasteiger partial charge in [-0.3, -0.25) is 29.3 Å². The number of rotatable bonds is 7. The van der Waals surface area contributed by atoms with E-state index in [1.807, 2.05) is 26.1 Å². The largest absolute Gasteiger partial charge is 0.464 e. The third-order valence-corrected chi connectivity index (χ3v) is 16.2. The van der Waals surface area contributed by atoms with Crippen LogP contribution in [0.2, 0.25) is 0 Å². The maximum atomic E-state index is 15.2. The second-order valence-corrected chi connectivity index (χ2v) is 21.6. The fourth-order valence-electron chi connectivity index (χ4n) is 11.6. The molecule has 4 aromatic rings. The number of pyridine rings is 1. The molecule has 340 valence electrons. The Bertz CT molecular complexity index is 2500. The summed E-state index contributed by atoms with van der Waals surface area (Å²) < 4.78 is 26.6. The number of hydrogen-bond acceptors (Lipinski definition) is 13. The van der Waals surface area contributed by atoms with Gasteiger partial charge in [-0.15, -0.1) is 11.3 Å². The summed E-state index contributed by atoms with van der Waals surface area (Å²) in [6.45, 7) is 13.5. The number of hydrazine groups is 1. The van der Waals surface area contributed by atoms with Crippen LogP contribution < -0.4 is 10.7 Å². The van der Waals surface area contributed by atoms with E-state index in [1.165, 1.54) is 16.3 Å². The Morgan fingerprint density at radius 1 is 1.11 bits per heavy atom. The van der Waals surface area contributed by atoms with Gasteiger partial charge in [0.25, 0.3) is 11.8 Å². The van der Waals surface area contributed by atoms with Crippen LogP contribution in [0.4, 0.5) is 0 Å². The lowest BCUT2D eigenvalue weighted by atomic mass is 9.72. The molecule has 8 aliphatic rings. The molecular weight excluding hydrogens is 833 g/mol. The van der Waals surface area contributed by atoms with Crippen LogP contribution in [0.25, 0.3) is 33.4 Å². The molecule has 1 spiro atoms. The van der Waals surface area contributed by atoms with Crippen molar-refractivity contribution in [3.05, 3.63) is 58.2 Å². The molecule has 6 saturated heterocycles. The van der Waals surface area contributed by atoms with Crippen LogP contribution in [0.15, 0.2) is 41.9 Å². The van der Waals surface area contributed by atoms with Crippen LogP contribution >= 0.6 is 11.3 Å². The van der Waals surface area contributed by atoms with Crippen LogP contribution in [0.1, 0.15) is 87.8 Å². The minimum atomic E-state index is -1.01. The minimum absolute atomic E-state index is 0.0142. The molecule has 7 aliphatic heterocycles. The van der Waals surface area contributed by atoms with Crippen molar-refractivity contribution < 1.29 is 33.3 Å². The number of fused-ring (bicyclic) bond motifs is 7.